The Balaban J connectivity index is 2.02. The lowest BCUT2D eigenvalue weighted by atomic mass is 10.2. The molecule has 0 radical (unpaired) electrons. The predicted octanol–water partition coefficient (Wildman–Crippen LogP) is 0.744. The quantitative estimate of drug-likeness (QED) is 0.474. The summed E-state index contributed by atoms with van der Waals surface area (Å²) in [6, 6.07) is 0.573. The second-order valence-electron chi connectivity index (χ2n) is 2.99. The minimum atomic E-state index is 0.573. The van der Waals surface area contributed by atoms with Gasteiger partial charge < -0.3 is 5.73 Å². The summed E-state index contributed by atoms with van der Waals surface area (Å²) in [5.74, 6) is 2.13. The van der Waals surface area contributed by atoms with E-state index in [9.17, 15) is 0 Å². The molecule has 0 unspecified atom stereocenters. The third-order valence-corrected chi connectivity index (χ3v) is 2.28. The van der Waals surface area contributed by atoms with Crippen molar-refractivity contribution in [3.63, 3.8) is 0 Å². The highest BCUT2D eigenvalue weighted by molar-refractivity contribution is 4.97. The Labute approximate surface area is 43.9 Å². The molecular formula is C6H11N. The lowest BCUT2D eigenvalue weighted by molar-refractivity contribution is 0.614. The van der Waals surface area contributed by atoms with Crippen molar-refractivity contribution in [2.24, 2.45) is 17.6 Å². The Kier molecular flexibility index (Phi) is 0.571. The monoisotopic (exact) mass is 97.1 g/mol. The number of hydrogen-bond acceptors (Lipinski definition) is 1. The van der Waals surface area contributed by atoms with Crippen molar-refractivity contribution < 1.29 is 0 Å². The lowest BCUT2D eigenvalue weighted by Gasteiger charge is -1.99. The number of nitrogens with two attached hydrogens (primary N) is 1. The van der Waals surface area contributed by atoms with Gasteiger partial charge in [0.2, 0.25) is 0 Å². The Morgan fingerprint density at radius 1 is 1.00 bits per heavy atom. The maximum atomic E-state index is 5.66. The van der Waals surface area contributed by atoms with E-state index in [1.807, 2.05) is 0 Å². The fraction of sp³-hybridized carbons (Fsp3) is 1.00. The molecule has 0 heterocycles. The summed E-state index contributed by atoms with van der Waals surface area (Å²) < 4.78 is 0. The Morgan fingerprint density at radius 2 is 1.57 bits per heavy atom. The molecule has 0 aromatic rings. The molecule has 0 bridgehead atoms. The van der Waals surface area contributed by atoms with Gasteiger partial charge in [0.05, 0.1) is 0 Å². The zero-order valence-electron chi connectivity index (χ0n) is 4.43. The minimum absolute atomic E-state index is 0.573. The van der Waals surface area contributed by atoms with Crippen LogP contribution in [0.3, 0.4) is 0 Å². The third-order valence-electron chi connectivity index (χ3n) is 2.28. The van der Waals surface area contributed by atoms with Gasteiger partial charge in [-0.25, -0.2) is 0 Å². The molecule has 2 aliphatic rings. The van der Waals surface area contributed by atoms with Crippen molar-refractivity contribution >= 4 is 0 Å². The molecule has 2 aliphatic carbocycles. The standard InChI is InChI=1S/C6H11N/c7-6-2-4-1-5(4)3-6/h4-6H,1-3,7H2/t4-,5-/m1/s1. The molecule has 0 aromatic heterocycles. The molecule has 2 N–H and O–H groups in total. The number of hydrogen-bond donors (Lipinski definition) is 1. The van der Waals surface area contributed by atoms with Crippen LogP contribution in [-0.2, 0) is 0 Å². The van der Waals surface area contributed by atoms with Crippen LogP contribution in [0.2, 0.25) is 0 Å². The van der Waals surface area contributed by atoms with Crippen LogP contribution >= 0.6 is 0 Å². The van der Waals surface area contributed by atoms with Gasteiger partial charge in [-0.1, -0.05) is 0 Å². The highest BCUT2D eigenvalue weighted by Crippen LogP contribution is 2.50. The molecule has 1 heteroatoms. The van der Waals surface area contributed by atoms with Gasteiger partial charge in [0.25, 0.3) is 0 Å². The average molecular weight is 97.2 g/mol. The van der Waals surface area contributed by atoms with E-state index in [4.69, 9.17) is 5.73 Å². The van der Waals surface area contributed by atoms with Gasteiger partial charge in [0, 0.05) is 6.04 Å². The summed E-state index contributed by atoms with van der Waals surface area (Å²) in [4.78, 5) is 0. The molecular weight excluding hydrogens is 86.1 g/mol. The van der Waals surface area contributed by atoms with Gasteiger partial charge in [-0.2, -0.15) is 0 Å². The van der Waals surface area contributed by atoms with Crippen molar-refractivity contribution in [1.82, 2.24) is 0 Å². The van der Waals surface area contributed by atoms with Crippen LogP contribution in [0.1, 0.15) is 19.3 Å². The van der Waals surface area contributed by atoms with Crippen molar-refractivity contribution in [3.8, 4) is 0 Å². The second kappa shape index (κ2) is 1.03. The topological polar surface area (TPSA) is 26.0 Å². The molecule has 40 valence electrons. The minimum Gasteiger partial charge on any atom is -0.328 e. The van der Waals surface area contributed by atoms with E-state index in [1.54, 1.807) is 0 Å². The van der Waals surface area contributed by atoms with E-state index < -0.39 is 0 Å². The van der Waals surface area contributed by atoms with E-state index in [0.29, 0.717) is 6.04 Å². The zero-order chi connectivity index (χ0) is 4.85. The second-order valence-corrected chi connectivity index (χ2v) is 2.99. The van der Waals surface area contributed by atoms with Gasteiger partial charge in [-0.15, -0.1) is 0 Å². The summed E-state index contributed by atoms with van der Waals surface area (Å²) in [5, 5.41) is 0. The first kappa shape index (κ1) is 3.90. The van der Waals surface area contributed by atoms with Crippen LogP contribution in [-0.4, -0.2) is 6.04 Å². The van der Waals surface area contributed by atoms with Gasteiger partial charge in [0.15, 0.2) is 0 Å². The summed E-state index contributed by atoms with van der Waals surface area (Å²) >= 11 is 0. The highest BCUT2D eigenvalue weighted by Gasteiger charge is 2.44. The maximum absolute atomic E-state index is 5.66. The zero-order valence-corrected chi connectivity index (χ0v) is 4.43. The fourth-order valence-electron chi connectivity index (χ4n) is 1.76. The summed E-state index contributed by atoms with van der Waals surface area (Å²) in [6.07, 6.45) is 4.14. The molecule has 0 amide bonds. The average Bonchev–Trinajstić information content (AvgIpc) is 2.15. The van der Waals surface area contributed by atoms with Crippen LogP contribution in [0.5, 0.6) is 0 Å². The normalized spacial score (nSPS) is 49.3. The van der Waals surface area contributed by atoms with Crippen molar-refractivity contribution in [3.05, 3.63) is 0 Å². The Hall–Kier alpha value is -0.0400. The van der Waals surface area contributed by atoms with Crippen molar-refractivity contribution in [1.29, 1.82) is 0 Å². The smallest absolute Gasteiger partial charge is 0.00443 e. The summed E-state index contributed by atoms with van der Waals surface area (Å²) in [6.45, 7) is 0. The highest BCUT2D eigenvalue weighted by atomic mass is 14.7. The number of fused-ring (bicyclic) bond motifs is 1. The van der Waals surface area contributed by atoms with Gasteiger partial charge >= 0.3 is 0 Å². The van der Waals surface area contributed by atoms with Crippen LogP contribution in [0, 0.1) is 11.8 Å². The first-order chi connectivity index (χ1) is 3.36. The van der Waals surface area contributed by atoms with Crippen LogP contribution < -0.4 is 5.73 Å². The molecule has 0 saturated heterocycles. The Bertz CT molecular complexity index is 80.2. The molecule has 0 aromatic carbocycles. The van der Waals surface area contributed by atoms with E-state index >= 15 is 0 Å². The van der Waals surface area contributed by atoms with Gasteiger partial charge in [-0.05, 0) is 31.1 Å². The molecule has 2 saturated carbocycles. The lowest BCUT2D eigenvalue weighted by Crippen LogP contribution is -2.16. The first-order valence-electron chi connectivity index (χ1n) is 3.12. The largest absolute Gasteiger partial charge is 0.328 e. The molecule has 7 heavy (non-hydrogen) atoms. The maximum Gasteiger partial charge on any atom is 0.00443 e. The molecule has 1 nitrogen and oxygen atoms in total. The van der Waals surface area contributed by atoms with Gasteiger partial charge in [0.1, 0.15) is 0 Å². The van der Waals surface area contributed by atoms with E-state index in [0.717, 1.165) is 11.8 Å². The van der Waals surface area contributed by atoms with Gasteiger partial charge in [-0.3, -0.25) is 0 Å². The molecule has 0 spiro atoms. The fourth-order valence-corrected chi connectivity index (χ4v) is 1.76. The molecule has 2 atom stereocenters. The van der Waals surface area contributed by atoms with E-state index in [2.05, 4.69) is 0 Å². The Morgan fingerprint density at radius 3 is 1.86 bits per heavy atom. The van der Waals surface area contributed by atoms with Crippen molar-refractivity contribution in [2.45, 2.75) is 25.3 Å². The third kappa shape index (κ3) is 0.480. The predicted molar refractivity (Wildman–Crippen MR) is 28.8 cm³/mol. The number of rotatable bonds is 0. The molecule has 0 aliphatic heterocycles. The van der Waals surface area contributed by atoms with Crippen molar-refractivity contribution in [2.75, 3.05) is 0 Å². The first-order valence-corrected chi connectivity index (χ1v) is 3.12. The van der Waals surface area contributed by atoms with Crippen LogP contribution in [0.4, 0.5) is 0 Å². The summed E-state index contributed by atoms with van der Waals surface area (Å²) in [5.41, 5.74) is 5.66. The molecule has 2 fully saturated rings. The van der Waals surface area contributed by atoms with Crippen LogP contribution in [0.15, 0.2) is 0 Å². The van der Waals surface area contributed by atoms with Crippen LogP contribution in [0.25, 0.3) is 0 Å². The van der Waals surface area contributed by atoms with E-state index in [-0.39, 0.29) is 0 Å². The summed E-state index contributed by atoms with van der Waals surface area (Å²) in [7, 11) is 0. The van der Waals surface area contributed by atoms with E-state index in [1.165, 1.54) is 19.3 Å². The SMILES string of the molecule is NC1C[C@H]2C[C@@H]2C1. The molecule has 2 rings (SSSR count).